The maximum Gasteiger partial charge on any atom is 0.243 e. The van der Waals surface area contributed by atoms with E-state index < -0.39 is 6.04 Å². The van der Waals surface area contributed by atoms with Crippen molar-refractivity contribution in [2.24, 2.45) is 0 Å². The highest BCUT2D eigenvalue weighted by molar-refractivity contribution is 5.88. The van der Waals surface area contributed by atoms with Crippen LogP contribution < -0.4 is 19.5 Å². The van der Waals surface area contributed by atoms with Crippen LogP contribution in [0.2, 0.25) is 0 Å². The Balaban J connectivity index is 1.48. The largest absolute Gasteiger partial charge is 0.497 e. The summed E-state index contributed by atoms with van der Waals surface area (Å²) in [5.41, 5.74) is 1.98. The molecule has 2 aromatic rings. The summed E-state index contributed by atoms with van der Waals surface area (Å²) in [5, 5.41) is 3.23. The first-order chi connectivity index (χ1) is 17.6. The van der Waals surface area contributed by atoms with Crippen LogP contribution in [0.5, 0.6) is 17.2 Å². The predicted molar refractivity (Wildman–Crippen MR) is 138 cm³/mol. The number of rotatable bonds is 10. The lowest BCUT2D eigenvalue weighted by Crippen LogP contribution is -2.51. The van der Waals surface area contributed by atoms with Crippen molar-refractivity contribution >= 4 is 11.8 Å². The van der Waals surface area contributed by atoms with E-state index in [-0.39, 0.29) is 17.9 Å². The SMILES string of the molecule is CC[C@@H](C(=O)NC1CCCCC1)N(Cc1ccc(OC)cc1)C(=O)CCc1ccc2c(c1)OCCO2. The standard InChI is InChI=1S/C29H38N2O5/c1-3-25(29(33)30-23-7-5-4-6-8-23)31(20-22-9-13-24(34-2)14-10-22)28(32)16-12-21-11-15-26-27(19-21)36-18-17-35-26/h9-11,13-15,19,23,25H,3-8,12,16-18,20H2,1-2H3,(H,30,33)/t25-/m0/s1. The molecular weight excluding hydrogens is 456 g/mol. The normalized spacial score (nSPS) is 16.2. The minimum Gasteiger partial charge on any atom is -0.497 e. The molecular formula is C29H38N2O5. The number of amides is 2. The smallest absolute Gasteiger partial charge is 0.243 e. The van der Waals surface area contributed by atoms with Crippen molar-refractivity contribution in [2.75, 3.05) is 20.3 Å². The molecule has 7 nitrogen and oxygen atoms in total. The summed E-state index contributed by atoms with van der Waals surface area (Å²) in [4.78, 5) is 28.7. The monoisotopic (exact) mass is 494 g/mol. The molecule has 1 N–H and O–H groups in total. The summed E-state index contributed by atoms with van der Waals surface area (Å²) >= 11 is 0. The Bertz CT molecular complexity index is 1020. The zero-order valence-corrected chi connectivity index (χ0v) is 21.5. The second-order valence-corrected chi connectivity index (χ2v) is 9.62. The second kappa shape index (κ2) is 12.7. The Morgan fingerprint density at radius 2 is 1.69 bits per heavy atom. The van der Waals surface area contributed by atoms with E-state index in [2.05, 4.69) is 5.32 Å². The molecule has 0 spiro atoms. The van der Waals surface area contributed by atoms with E-state index in [1.165, 1.54) is 6.42 Å². The third kappa shape index (κ3) is 6.71. The molecule has 0 saturated heterocycles. The number of carbonyl (C=O) groups is 2. The van der Waals surface area contributed by atoms with Crippen LogP contribution in [0.3, 0.4) is 0 Å². The van der Waals surface area contributed by atoms with Gasteiger partial charge in [0.2, 0.25) is 11.8 Å². The number of hydrogen-bond donors (Lipinski definition) is 1. The molecule has 194 valence electrons. The quantitative estimate of drug-likeness (QED) is 0.520. The Kier molecular flexibility index (Phi) is 9.09. The van der Waals surface area contributed by atoms with Crippen LogP contribution in [0.15, 0.2) is 42.5 Å². The molecule has 0 radical (unpaired) electrons. The molecule has 36 heavy (non-hydrogen) atoms. The summed E-state index contributed by atoms with van der Waals surface area (Å²) in [6.45, 7) is 3.42. The van der Waals surface area contributed by atoms with Crippen LogP contribution in [0.4, 0.5) is 0 Å². The lowest BCUT2D eigenvalue weighted by Gasteiger charge is -2.33. The Hall–Kier alpha value is -3.22. The fourth-order valence-corrected chi connectivity index (χ4v) is 5.03. The predicted octanol–water partition coefficient (Wildman–Crippen LogP) is 4.66. The molecule has 1 atom stereocenters. The van der Waals surface area contributed by atoms with Gasteiger partial charge < -0.3 is 24.4 Å². The maximum atomic E-state index is 13.6. The third-order valence-electron chi connectivity index (χ3n) is 7.08. The third-order valence-corrected chi connectivity index (χ3v) is 7.08. The molecule has 1 aliphatic carbocycles. The highest BCUT2D eigenvalue weighted by Crippen LogP contribution is 2.31. The highest BCUT2D eigenvalue weighted by Gasteiger charge is 2.30. The molecule has 1 saturated carbocycles. The molecule has 4 rings (SSSR count). The average Bonchev–Trinajstić information content (AvgIpc) is 2.92. The zero-order chi connectivity index (χ0) is 25.3. The highest BCUT2D eigenvalue weighted by atomic mass is 16.6. The molecule has 0 aromatic heterocycles. The molecule has 1 aliphatic heterocycles. The Morgan fingerprint density at radius 1 is 1.00 bits per heavy atom. The van der Waals surface area contributed by atoms with Crippen molar-refractivity contribution in [3.63, 3.8) is 0 Å². The van der Waals surface area contributed by atoms with Crippen molar-refractivity contribution in [3.8, 4) is 17.2 Å². The summed E-state index contributed by atoms with van der Waals surface area (Å²) in [6.07, 6.45) is 6.98. The van der Waals surface area contributed by atoms with Gasteiger partial charge in [0.1, 0.15) is 25.0 Å². The molecule has 2 amide bonds. The van der Waals surface area contributed by atoms with Gasteiger partial charge in [-0.05, 0) is 61.1 Å². The first-order valence-corrected chi connectivity index (χ1v) is 13.2. The molecule has 2 aromatic carbocycles. The van der Waals surface area contributed by atoms with Crippen LogP contribution in [0, 0.1) is 0 Å². The van der Waals surface area contributed by atoms with Crippen molar-refractivity contribution in [3.05, 3.63) is 53.6 Å². The number of aryl methyl sites for hydroxylation is 1. The van der Waals surface area contributed by atoms with Crippen molar-refractivity contribution < 1.29 is 23.8 Å². The van der Waals surface area contributed by atoms with Crippen LogP contribution in [-0.4, -0.2) is 49.1 Å². The topological polar surface area (TPSA) is 77.1 Å². The summed E-state index contributed by atoms with van der Waals surface area (Å²) in [5.74, 6) is 2.14. The number of carbonyl (C=O) groups excluding carboxylic acids is 2. The van der Waals surface area contributed by atoms with E-state index in [0.717, 1.165) is 54.1 Å². The van der Waals surface area contributed by atoms with Gasteiger partial charge in [-0.15, -0.1) is 0 Å². The fraction of sp³-hybridized carbons (Fsp3) is 0.517. The Morgan fingerprint density at radius 3 is 2.39 bits per heavy atom. The van der Waals surface area contributed by atoms with Gasteiger partial charge in [-0.25, -0.2) is 0 Å². The maximum absolute atomic E-state index is 13.6. The molecule has 1 heterocycles. The van der Waals surface area contributed by atoms with Gasteiger partial charge >= 0.3 is 0 Å². The van der Waals surface area contributed by atoms with Gasteiger partial charge in [-0.3, -0.25) is 9.59 Å². The van der Waals surface area contributed by atoms with Crippen LogP contribution in [-0.2, 0) is 22.6 Å². The fourth-order valence-electron chi connectivity index (χ4n) is 5.03. The van der Waals surface area contributed by atoms with E-state index in [1.54, 1.807) is 12.0 Å². The number of ether oxygens (including phenoxy) is 3. The lowest BCUT2D eigenvalue weighted by molar-refractivity contribution is -0.141. The van der Waals surface area contributed by atoms with Gasteiger partial charge in [-0.1, -0.05) is 44.4 Å². The van der Waals surface area contributed by atoms with Gasteiger partial charge in [0.05, 0.1) is 7.11 Å². The first kappa shape index (κ1) is 25.9. The number of fused-ring (bicyclic) bond motifs is 1. The van der Waals surface area contributed by atoms with Gasteiger partial charge in [0, 0.05) is 19.0 Å². The minimum atomic E-state index is -0.512. The zero-order valence-electron chi connectivity index (χ0n) is 21.5. The summed E-state index contributed by atoms with van der Waals surface area (Å²) in [6, 6.07) is 13.2. The van der Waals surface area contributed by atoms with Crippen molar-refractivity contribution in [2.45, 2.75) is 76.9 Å². The molecule has 0 unspecified atom stereocenters. The van der Waals surface area contributed by atoms with Gasteiger partial charge in [0.15, 0.2) is 11.5 Å². The number of nitrogens with zero attached hydrogens (tertiary/aromatic N) is 1. The van der Waals surface area contributed by atoms with E-state index in [0.29, 0.717) is 39.0 Å². The number of hydrogen-bond acceptors (Lipinski definition) is 5. The van der Waals surface area contributed by atoms with Crippen LogP contribution >= 0.6 is 0 Å². The average molecular weight is 495 g/mol. The van der Waals surface area contributed by atoms with Gasteiger partial charge in [0.25, 0.3) is 0 Å². The summed E-state index contributed by atoms with van der Waals surface area (Å²) in [7, 11) is 1.63. The molecule has 2 aliphatic rings. The number of nitrogens with one attached hydrogen (secondary N) is 1. The van der Waals surface area contributed by atoms with Crippen LogP contribution in [0.25, 0.3) is 0 Å². The Labute approximate surface area is 214 Å². The van der Waals surface area contributed by atoms with E-state index in [4.69, 9.17) is 14.2 Å². The summed E-state index contributed by atoms with van der Waals surface area (Å²) < 4.78 is 16.6. The van der Waals surface area contributed by atoms with Crippen LogP contribution in [0.1, 0.15) is 63.0 Å². The number of benzene rings is 2. The van der Waals surface area contributed by atoms with Crippen molar-refractivity contribution in [1.82, 2.24) is 10.2 Å². The van der Waals surface area contributed by atoms with Crippen molar-refractivity contribution in [1.29, 1.82) is 0 Å². The van der Waals surface area contributed by atoms with Gasteiger partial charge in [-0.2, -0.15) is 0 Å². The second-order valence-electron chi connectivity index (χ2n) is 9.62. The van der Waals surface area contributed by atoms with E-state index in [1.807, 2.05) is 49.4 Å². The van der Waals surface area contributed by atoms with E-state index in [9.17, 15) is 9.59 Å². The first-order valence-electron chi connectivity index (χ1n) is 13.2. The minimum absolute atomic E-state index is 0.0358. The number of methoxy groups -OCH3 is 1. The molecule has 0 bridgehead atoms. The molecule has 7 heteroatoms. The molecule has 1 fully saturated rings. The lowest BCUT2D eigenvalue weighted by atomic mass is 9.95. The van der Waals surface area contributed by atoms with E-state index >= 15 is 0 Å².